The molecule has 1 aromatic rings. The lowest BCUT2D eigenvalue weighted by Gasteiger charge is -2.07. The Kier molecular flexibility index (Phi) is 11.1. The predicted molar refractivity (Wildman–Crippen MR) is 82.5 cm³/mol. The Morgan fingerprint density at radius 1 is 0.952 bits per heavy atom. The van der Waals surface area contributed by atoms with Gasteiger partial charge in [0.15, 0.2) is 0 Å². The fourth-order valence-corrected chi connectivity index (χ4v) is 1.72. The van der Waals surface area contributed by atoms with Gasteiger partial charge in [0.25, 0.3) is 0 Å². The molecule has 1 aromatic heterocycles. The van der Waals surface area contributed by atoms with Crippen molar-refractivity contribution in [3.63, 3.8) is 0 Å². The topological polar surface area (TPSA) is 52.9 Å². The maximum Gasteiger partial charge on any atom is 0.117 e. The zero-order valence-corrected chi connectivity index (χ0v) is 13.4. The van der Waals surface area contributed by atoms with E-state index in [-0.39, 0.29) is 0 Å². The molecule has 0 aliphatic heterocycles. The summed E-state index contributed by atoms with van der Waals surface area (Å²) >= 11 is 0. The average Bonchev–Trinajstić information content (AvgIpc) is 2.89. The molecule has 1 N–H and O–H groups in total. The van der Waals surface area contributed by atoms with Crippen LogP contribution in [0.4, 0.5) is 0 Å². The summed E-state index contributed by atoms with van der Waals surface area (Å²) < 4.78 is 21.7. The smallest absolute Gasteiger partial charge is 0.117 e. The van der Waals surface area contributed by atoms with E-state index in [1.54, 1.807) is 0 Å². The van der Waals surface area contributed by atoms with Gasteiger partial charge in [0.1, 0.15) is 11.5 Å². The lowest BCUT2D eigenvalue weighted by Crippen LogP contribution is -2.20. The molecule has 1 heterocycles. The zero-order chi connectivity index (χ0) is 15.2. The SMILES string of the molecule is CCCCOCCOCCOCCNCc1ccc(C)o1. The number of furan rings is 1. The Morgan fingerprint density at radius 3 is 2.24 bits per heavy atom. The molecular formula is C16H29NO4. The summed E-state index contributed by atoms with van der Waals surface area (Å²) in [5.74, 6) is 1.90. The summed E-state index contributed by atoms with van der Waals surface area (Å²) in [5.41, 5.74) is 0. The minimum atomic E-state index is 0.620. The molecular weight excluding hydrogens is 270 g/mol. The molecule has 0 saturated carbocycles. The summed E-state index contributed by atoms with van der Waals surface area (Å²) in [4.78, 5) is 0. The summed E-state index contributed by atoms with van der Waals surface area (Å²) in [6.07, 6.45) is 2.29. The van der Waals surface area contributed by atoms with Gasteiger partial charge in [-0.15, -0.1) is 0 Å². The van der Waals surface area contributed by atoms with Crippen LogP contribution in [0.2, 0.25) is 0 Å². The van der Waals surface area contributed by atoms with Crippen LogP contribution in [0, 0.1) is 6.92 Å². The van der Waals surface area contributed by atoms with Gasteiger partial charge >= 0.3 is 0 Å². The third-order valence-electron chi connectivity index (χ3n) is 2.90. The van der Waals surface area contributed by atoms with Crippen LogP contribution in [0.3, 0.4) is 0 Å². The summed E-state index contributed by atoms with van der Waals surface area (Å²) in [6, 6.07) is 3.95. The molecule has 0 spiro atoms. The molecule has 0 aliphatic rings. The number of hydrogen-bond acceptors (Lipinski definition) is 5. The molecule has 21 heavy (non-hydrogen) atoms. The van der Waals surface area contributed by atoms with Gasteiger partial charge in [-0.1, -0.05) is 13.3 Å². The van der Waals surface area contributed by atoms with Gasteiger partial charge < -0.3 is 23.9 Å². The molecule has 5 heteroatoms. The number of nitrogens with one attached hydrogen (secondary N) is 1. The first-order valence-electron chi connectivity index (χ1n) is 7.82. The van der Waals surface area contributed by atoms with Gasteiger partial charge in [0.2, 0.25) is 0 Å². The second-order valence-electron chi connectivity index (χ2n) is 4.88. The molecule has 0 fully saturated rings. The Balaban J connectivity index is 1.74. The first kappa shape index (κ1) is 18.2. The van der Waals surface area contributed by atoms with Crippen molar-refractivity contribution in [2.45, 2.75) is 33.2 Å². The van der Waals surface area contributed by atoms with Crippen LogP contribution in [-0.2, 0) is 20.8 Å². The summed E-state index contributed by atoms with van der Waals surface area (Å²) in [6.45, 7) is 9.71. The summed E-state index contributed by atoms with van der Waals surface area (Å²) in [7, 11) is 0. The van der Waals surface area contributed by atoms with Gasteiger partial charge in [-0.05, 0) is 25.5 Å². The van der Waals surface area contributed by atoms with Crippen molar-refractivity contribution in [1.82, 2.24) is 5.32 Å². The van der Waals surface area contributed by atoms with Gasteiger partial charge in [-0.2, -0.15) is 0 Å². The van der Waals surface area contributed by atoms with Crippen LogP contribution in [0.1, 0.15) is 31.3 Å². The molecule has 0 radical (unpaired) electrons. The number of rotatable bonds is 14. The van der Waals surface area contributed by atoms with E-state index < -0.39 is 0 Å². The maximum absolute atomic E-state index is 5.46. The molecule has 122 valence electrons. The Bertz CT molecular complexity index is 341. The van der Waals surface area contributed by atoms with E-state index in [1.165, 1.54) is 6.42 Å². The van der Waals surface area contributed by atoms with Crippen LogP contribution in [0.25, 0.3) is 0 Å². The van der Waals surface area contributed by atoms with E-state index in [0.717, 1.165) is 37.6 Å². The molecule has 5 nitrogen and oxygen atoms in total. The van der Waals surface area contributed by atoms with Crippen LogP contribution >= 0.6 is 0 Å². The van der Waals surface area contributed by atoms with E-state index in [9.17, 15) is 0 Å². The quantitative estimate of drug-likeness (QED) is 0.535. The molecule has 0 aromatic carbocycles. The van der Waals surface area contributed by atoms with Gasteiger partial charge in [0, 0.05) is 13.2 Å². The van der Waals surface area contributed by atoms with Gasteiger partial charge in [-0.3, -0.25) is 0 Å². The van der Waals surface area contributed by atoms with Crippen molar-refractivity contribution in [2.24, 2.45) is 0 Å². The van der Waals surface area contributed by atoms with Crippen LogP contribution in [-0.4, -0.2) is 46.2 Å². The highest BCUT2D eigenvalue weighted by molar-refractivity contribution is 5.04. The summed E-state index contributed by atoms with van der Waals surface area (Å²) in [5, 5.41) is 3.27. The van der Waals surface area contributed by atoms with E-state index in [4.69, 9.17) is 18.6 Å². The molecule has 0 aliphatic carbocycles. The minimum absolute atomic E-state index is 0.620. The largest absolute Gasteiger partial charge is 0.465 e. The zero-order valence-electron chi connectivity index (χ0n) is 13.4. The van der Waals surface area contributed by atoms with Crippen molar-refractivity contribution in [3.8, 4) is 0 Å². The van der Waals surface area contributed by atoms with Crippen LogP contribution in [0.15, 0.2) is 16.5 Å². The molecule has 1 rings (SSSR count). The van der Waals surface area contributed by atoms with Gasteiger partial charge in [0.05, 0.1) is 39.6 Å². The molecule has 0 unspecified atom stereocenters. The van der Waals surface area contributed by atoms with Crippen molar-refractivity contribution < 1.29 is 18.6 Å². The van der Waals surface area contributed by atoms with Crippen molar-refractivity contribution in [1.29, 1.82) is 0 Å². The standard InChI is InChI=1S/C16H29NO4/c1-3-4-8-18-10-12-20-13-11-19-9-7-17-14-16-6-5-15(2)21-16/h5-6,17H,3-4,7-14H2,1-2H3. The van der Waals surface area contributed by atoms with E-state index in [0.29, 0.717) is 33.0 Å². The fraction of sp³-hybridized carbons (Fsp3) is 0.750. The second kappa shape index (κ2) is 12.8. The molecule has 0 atom stereocenters. The highest BCUT2D eigenvalue weighted by Crippen LogP contribution is 2.04. The molecule has 0 saturated heterocycles. The monoisotopic (exact) mass is 299 g/mol. The van der Waals surface area contributed by atoms with Crippen molar-refractivity contribution in [2.75, 3.05) is 46.2 Å². The second-order valence-corrected chi connectivity index (χ2v) is 4.88. The number of hydrogen-bond donors (Lipinski definition) is 1. The number of aryl methyl sites for hydroxylation is 1. The van der Waals surface area contributed by atoms with Crippen LogP contribution in [0.5, 0.6) is 0 Å². The van der Waals surface area contributed by atoms with Crippen molar-refractivity contribution >= 4 is 0 Å². The van der Waals surface area contributed by atoms with Crippen LogP contribution < -0.4 is 5.32 Å². The normalized spacial score (nSPS) is 11.1. The fourth-order valence-electron chi connectivity index (χ4n) is 1.72. The number of unbranched alkanes of at least 4 members (excludes halogenated alkanes) is 1. The lowest BCUT2D eigenvalue weighted by atomic mass is 10.4. The lowest BCUT2D eigenvalue weighted by molar-refractivity contribution is 0.0146. The average molecular weight is 299 g/mol. The Labute approximate surface area is 127 Å². The Hall–Kier alpha value is -0.880. The molecule has 0 bridgehead atoms. The first-order valence-corrected chi connectivity index (χ1v) is 7.82. The van der Waals surface area contributed by atoms with Gasteiger partial charge in [-0.25, -0.2) is 0 Å². The first-order chi connectivity index (χ1) is 10.3. The highest BCUT2D eigenvalue weighted by Gasteiger charge is 1.97. The van der Waals surface area contributed by atoms with E-state index in [1.807, 2.05) is 19.1 Å². The maximum atomic E-state index is 5.46. The number of ether oxygens (including phenoxy) is 3. The highest BCUT2D eigenvalue weighted by atomic mass is 16.5. The third kappa shape index (κ3) is 10.5. The Morgan fingerprint density at radius 2 is 1.62 bits per heavy atom. The van der Waals surface area contributed by atoms with E-state index in [2.05, 4.69) is 12.2 Å². The minimum Gasteiger partial charge on any atom is -0.465 e. The predicted octanol–water partition coefficient (Wildman–Crippen LogP) is 2.53. The van der Waals surface area contributed by atoms with E-state index >= 15 is 0 Å². The van der Waals surface area contributed by atoms with Crippen molar-refractivity contribution in [3.05, 3.63) is 23.7 Å². The molecule has 0 amide bonds. The third-order valence-corrected chi connectivity index (χ3v) is 2.90.